The molecule has 0 atom stereocenters. The van der Waals surface area contributed by atoms with Crippen LogP contribution in [0.5, 0.6) is 0 Å². The Balaban J connectivity index is 2.33. The van der Waals surface area contributed by atoms with Gasteiger partial charge in [0.25, 0.3) is 0 Å². The van der Waals surface area contributed by atoms with Crippen molar-refractivity contribution < 1.29 is 4.63 Å². The molecule has 0 aliphatic carbocycles. The summed E-state index contributed by atoms with van der Waals surface area (Å²) in [6.45, 7) is 4.28. The quantitative estimate of drug-likeness (QED) is 0.722. The van der Waals surface area contributed by atoms with Crippen molar-refractivity contribution in [1.29, 1.82) is 0 Å². The van der Waals surface area contributed by atoms with Gasteiger partial charge in [0, 0.05) is 25.5 Å². The minimum Gasteiger partial charge on any atom is -0.325 e. The van der Waals surface area contributed by atoms with Gasteiger partial charge in [-0.2, -0.15) is 0 Å². The lowest BCUT2D eigenvalue weighted by Crippen LogP contribution is -2.02. The Morgan fingerprint density at radius 3 is 2.78 bits per heavy atom. The first kappa shape index (κ1) is 11.0. The summed E-state index contributed by atoms with van der Waals surface area (Å²) >= 11 is 0. The molecule has 2 N–H and O–H groups in total. The number of imidazole rings is 2. The van der Waals surface area contributed by atoms with Crippen molar-refractivity contribution in [1.82, 2.24) is 24.3 Å². The highest BCUT2D eigenvalue weighted by atomic mass is 16.6. The van der Waals surface area contributed by atoms with Crippen molar-refractivity contribution in [3.8, 4) is 11.4 Å². The molecule has 3 heterocycles. The highest BCUT2D eigenvalue weighted by molar-refractivity contribution is 5.64. The van der Waals surface area contributed by atoms with E-state index in [1.165, 1.54) is 0 Å². The van der Waals surface area contributed by atoms with Gasteiger partial charge in [-0.1, -0.05) is 5.16 Å². The Hall–Kier alpha value is -2.15. The average Bonchev–Trinajstić information content (AvgIpc) is 2.99. The van der Waals surface area contributed by atoms with Gasteiger partial charge in [-0.05, 0) is 19.0 Å². The molecule has 0 saturated carbocycles. The molecule has 7 heteroatoms. The Kier molecular flexibility index (Phi) is 2.24. The van der Waals surface area contributed by atoms with Gasteiger partial charge < -0.3 is 10.3 Å². The van der Waals surface area contributed by atoms with Crippen molar-refractivity contribution in [3.05, 3.63) is 23.3 Å². The van der Waals surface area contributed by atoms with Gasteiger partial charge >= 0.3 is 0 Å². The van der Waals surface area contributed by atoms with Crippen molar-refractivity contribution >= 4 is 5.78 Å². The molecule has 0 aliphatic rings. The van der Waals surface area contributed by atoms with Crippen molar-refractivity contribution in [3.63, 3.8) is 0 Å². The standard InChI is InChI=1S/C11H14N6O/c1-6-5-17-7(2)10(16(3)11(17)13-6)9-8(4-12)14-18-15-9/h5H,4,12H2,1-3H3. The first-order valence-electron chi connectivity index (χ1n) is 5.66. The Labute approximate surface area is 103 Å². The lowest BCUT2D eigenvalue weighted by atomic mass is 10.2. The minimum absolute atomic E-state index is 0.296. The van der Waals surface area contributed by atoms with Gasteiger partial charge in [-0.3, -0.25) is 4.40 Å². The molecule has 0 radical (unpaired) electrons. The lowest BCUT2D eigenvalue weighted by Gasteiger charge is -2.01. The summed E-state index contributed by atoms with van der Waals surface area (Å²) in [4.78, 5) is 4.48. The summed E-state index contributed by atoms with van der Waals surface area (Å²) < 4.78 is 8.77. The fraction of sp³-hybridized carbons (Fsp3) is 0.364. The molecule has 0 saturated heterocycles. The smallest absolute Gasteiger partial charge is 0.214 e. The highest BCUT2D eigenvalue weighted by Gasteiger charge is 2.21. The van der Waals surface area contributed by atoms with E-state index in [2.05, 4.69) is 15.3 Å². The monoisotopic (exact) mass is 246 g/mol. The number of hydrogen-bond acceptors (Lipinski definition) is 5. The molecule has 0 aromatic carbocycles. The zero-order valence-electron chi connectivity index (χ0n) is 10.5. The third-order valence-corrected chi connectivity index (χ3v) is 3.12. The second-order valence-electron chi connectivity index (χ2n) is 4.31. The van der Waals surface area contributed by atoms with Crippen LogP contribution in [0.4, 0.5) is 0 Å². The van der Waals surface area contributed by atoms with Gasteiger partial charge in [0.1, 0.15) is 5.69 Å². The number of rotatable bonds is 2. The SMILES string of the molecule is Cc1cn2c(C)c(-c3nonc3CN)n(C)c2n1. The molecule has 0 bridgehead atoms. The maximum absolute atomic E-state index is 5.63. The molecule has 0 spiro atoms. The summed E-state index contributed by atoms with van der Waals surface area (Å²) in [5, 5.41) is 7.76. The summed E-state index contributed by atoms with van der Waals surface area (Å²) in [5.41, 5.74) is 9.91. The van der Waals surface area contributed by atoms with E-state index in [0.717, 1.165) is 22.9 Å². The Morgan fingerprint density at radius 2 is 2.11 bits per heavy atom. The maximum atomic E-state index is 5.63. The number of hydrogen-bond donors (Lipinski definition) is 1. The van der Waals surface area contributed by atoms with Crippen LogP contribution < -0.4 is 5.73 Å². The first-order valence-corrected chi connectivity index (χ1v) is 5.66. The van der Waals surface area contributed by atoms with Gasteiger partial charge in [0.05, 0.1) is 11.4 Å². The summed E-state index contributed by atoms with van der Waals surface area (Å²) in [6.07, 6.45) is 1.99. The molecular formula is C11H14N6O. The average molecular weight is 246 g/mol. The van der Waals surface area contributed by atoms with E-state index < -0.39 is 0 Å². The van der Waals surface area contributed by atoms with E-state index in [1.807, 2.05) is 36.1 Å². The van der Waals surface area contributed by atoms with E-state index in [4.69, 9.17) is 10.4 Å². The van der Waals surface area contributed by atoms with E-state index >= 15 is 0 Å². The summed E-state index contributed by atoms with van der Waals surface area (Å²) in [7, 11) is 1.94. The second-order valence-corrected chi connectivity index (χ2v) is 4.31. The molecule has 3 rings (SSSR count). The van der Waals surface area contributed by atoms with Gasteiger partial charge in [0.15, 0.2) is 5.69 Å². The van der Waals surface area contributed by atoms with Gasteiger partial charge in [0.2, 0.25) is 5.78 Å². The summed E-state index contributed by atoms with van der Waals surface area (Å²) in [5.74, 6) is 0.867. The van der Waals surface area contributed by atoms with Crippen LogP contribution in [0.1, 0.15) is 17.1 Å². The molecule has 94 valence electrons. The van der Waals surface area contributed by atoms with Crippen molar-refractivity contribution in [2.24, 2.45) is 12.8 Å². The number of aryl methyl sites for hydroxylation is 3. The van der Waals surface area contributed by atoms with Gasteiger partial charge in [-0.15, -0.1) is 0 Å². The van der Waals surface area contributed by atoms with Crippen LogP contribution in [0, 0.1) is 13.8 Å². The fourth-order valence-corrected chi connectivity index (χ4v) is 2.28. The molecule has 3 aromatic rings. The lowest BCUT2D eigenvalue weighted by molar-refractivity contribution is 0.304. The van der Waals surface area contributed by atoms with E-state index in [1.54, 1.807) is 0 Å². The molecule has 0 unspecified atom stereocenters. The van der Waals surface area contributed by atoms with Crippen LogP contribution in [0.3, 0.4) is 0 Å². The first-order chi connectivity index (χ1) is 8.63. The highest BCUT2D eigenvalue weighted by Crippen LogP contribution is 2.27. The van der Waals surface area contributed by atoms with Crippen LogP contribution in [0.25, 0.3) is 17.2 Å². The molecule has 18 heavy (non-hydrogen) atoms. The van der Waals surface area contributed by atoms with Crippen LogP contribution in [-0.4, -0.2) is 24.3 Å². The Bertz CT molecular complexity index is 682. The van der Waals surface area contributed by atoms with Crippen LogP contribution in [0.2, 0.25) is 0 Å². The van der Waals surface area contributed by atoms with Crippen molar-refractivity contribution in [2.45, 2.75) is 20.4 Å². The molecule has 0 fully saturated rings. The van der Waals surface area contributed by atoms with Crippen molar-refractivity contribution in [2.75, 3.05) is 0 Å². The maximum Gasteiger partial charge on any atom is 0.214 e. The van der Waals surface area contributed by atoms with E-state index in [9.17, 15) is 0 Å². The number of fused-ring (bicyclic) bond motifs is 1. The van der Waals surface area contributed by atoms with Crippen LogP contribution in [0.15, 0.2) is 10.8 Å². The minimum atomic E-state index is 0.296. The largest absolute Gasteiger partial charge is 0.325 e. The molecule has 3 aromatic heterocycles. The van der Waals surface area contributed by atoms with Crippen LogP contribution in [-0.2, 0) is 13.6 Å². The zero-order valence-corrected chi connectivity index (χ0v) is 10.5. The second kappa shape index (κ2) is 3.67. The predicted molar refractivity (Wildman–Crippen MR) is 64.8 cm³/mol. The Morgan fingerprint density at radius 1 is 1.33 bits per heavy atom. The van der Waals surface area contributed by atoms with Crippen LogP contribution >= 0.6 is 0 Å². The topological polar surface area (TPSA) is 87.2 Å². The summed E-state index contributed by atoms with van der Waals surface area (Å²) in [6, 6.07) is 0. The van der Waals surface area contributed by atoms with Gasteiger partial charge in [-0.25, -0.2) is 9.61 Å². The third-order valence-electron chi connectivity index (χ3n) is 3.12. The third kappa shape index (κ3) is 1.31. The van der Waals surface area contributed by atoms with E-state index in [-0.39, 0.29) is 0 Å². The molecule has 7 nitrogen and oxygen atoms in total. The normalized spacial score (nSPS) is 11.6. The van der Waals surface area contributed by atoms with E-state index in [0.29, 0.717) is 17.9 Å². The molecule has 0 amide bonds. The fourth-order valence-electron chi connectivity index (χ4n) is 2.28. The zero-order chi connectivity index (χ0) is 12.9. The number of aromatic nitrogens is 5. The predicted octanol–water partition coefficient (Wildman–Crippen LogP) is 0.798. The molecule has 0 aliphatic heterocycles. The number of nitrogens with two attached hydrogens (primary N) is 1. The molecular weight excluding hydrogens is 232 g/mol. The number of nitrogens with zero attached hydrogens (tertiary/aromatic N) is 5.